The van der Waals surface area contributed by atoms with Crippen molar-refractivity contribution in [2.24, 2.45) is 0 Å². The first-order chi connectivity index (χ1) is 53.6. The Labute approximate surface area is 618 Å². The lowest BCUT2D eigenvalue weighted by Gasteiger charge is -2.14. The van der Waals surface area contributed by atoms with E-state index in [2.05, 4.69) is 397 Å². The van der Waals surface area contributed by atoms with E-state index in [1.807, 2.05) is 0 Å². The Morgan fingerprint density at radius 1 is 0.148 bits per heavy atom. The maximum absolute atomic E-state index is 5.61. The van der Waals surface area contributed by atoms with Crippen molar-refractivity contribution in [1.82, 2.24) is 42.4 Å². The van der Waals surface area contributed by atoms with Crippen LogP contribution in [-0.4, -0.2) is 42.4 Å². The average molecular weight is 1380 g/mol. The highest BCUT2D eigenvalue weighted by molar-refractivity contribution is 6.25. The summed E-state index contributed by atoms with van der Waals surface area (Å²) < 4.78 is 14.4. The SMILES string of the molecule is c1ccc(-n2c3ccccc3c3cc4c(cc32)c2ccccc2n4-c2cccc(-c3ccc(-c4nc(-c5ccc(-c6cccc(-n7c8ccccc8c8cc9c(cc87)c7ccccc7n9-c7ccccc7)c6)cc5)nc(-n5c6ccccc6c6ccc7c8ccccc8n(-c8ccccc8)c7c65)n4)cc3)c2)cc1. The molecular weight excluding hydrogens is 1320 g/mol. The van der Waals surface area contributed by atoms with Gasteiger partial charge in [-0.15, -0.1) is 0 Å². The molecule has 7 heterocycles. The highest BCUT2D eigenvalue weighted by Crippen LogP contribution is 2.46. The van der Waals surface area contributed by atoms with Gasteiger partial charge in [-0.05, 0) is 144 Å². The molecule has 0 aliphatic heterocycles. The van der Waals surface area contributed by atoms with E-state index in [4.69, 9.17) is 15.0 Å². The van der Waals surface area contributed by atoms with E-state index in [0.29, 0.717) is 17.6 Å². The zero-order chi connectivity index (χ0) is 70.7. The number of fused-ring (bicyclic) bond motifs is 19. The lowest BCUT2D eigenvalue weighted by molar-refractivity contribution is 0.953. The minimum absolute atomic E-state index is 0.522. The fraction of sp³-hybridized carbons (Fsp3) is 0. The molecule has 0 radical (unpaired) electrons. The van der Waals surface area contributed by atoms with Gasteiger partial charge in [-0.3, -0.25) is 4.57 Å². The van der Waals surface area contributed by atoms with Gasteiger partial charge in [0.05, 0.1) is 66.2 Å². The predicted octanol–water partition coefficient (Wildman–Crippen LogP) is 25.1. The topological polar surface area (TPSA) is 68.2 Å². The van der Waals surface area contributed by atoms with Gasteiger partial charge in [-0.1, -0.05) is 249 Å². The van der Waals surface area contributed by atoms with Crippen molar-refractivity contribution in [1.29, 1.82) is 0 Å². The van der Waals surface area contributed by atoms with Crippen LogP contribution >= 0.6 is 0 Å². The minimum atomic E-state index is 0.522. The molecule has 23 aromatic rings. The molecule has 0 bridgehead atoms. The van der Waals surface area contributed by atoms with Gasteiger partial charge in [0.2, 0.25) is 5.95 Å². The minimum Gasteiger partial charge on any atom is -0.309 e. The number of rotatable bonds is 10. The standard InChI is InChI=1S/C99H61N9/c1-4-26-68(27-5-1)103-85-40-16-12-36-75(85)81-60-93-83(58-91(81)103)77-38-14-18-42-87(77)105(93)71-32-22-24-66(56-71)62-46-50-64(51-47-62)97-100-98(102-99(101-97)108-90-45-21-11-35-74(90)80-55-54-79-73-34-10-20-44-89(73)107(95(79)96(80)108)70-30-8-3-9-31-70)65-52-48-63(49-53-65)67-25-23-33-72(57-67)106-88-43-19-15-39-78(88)84-59-92-82(61-94(84)106)76-37-13-17-41-86(76)104(92)69-28-6-2-7-29-69/h1-61H. The molecule has 23 rings (SSSR count). The summed E-state index contributed by atoms with van der Waals surface area (Å²) in [4.78, 5) is 16.7. The molecule has 9 heteroatoms. The number of hydrogen-bond acceptors (Lipinski definition) is 3. The molecule has 0 spiro atoms. The van der Waals surface area contributed by atoms with E-state index in [0.717, 1.165) is 122 Å². The third-order valence-corrected chi connectivity index (χ3v) is 22.4. The highest BCUT2D eigenvalue weighted by Gasteiger charge is 2.26. The van der Waals surface area contributed by atoms with Crippen molar-refractivity contribution >= 4 is 131 Å². The zero-order valence-electron chi connectivity index (χ0n) is 58.2. The van der Waals surface area contributed by atoms with Crippen molar-refractivity contribution in [3.63, 3.8) is 0 Å². The van der Waals surface area contributed by atoms with Crippen LogP contribution in [0.25, 0.3) is 210 Å². The fourth-order valence-corrected chi connectivity index (χ4v) is 17.7. The summed E-state index contributed by atoms with van der Waals surface area (Å²) in [6.45, 7) is 0. The normalized spacial score (nSPS) is 12.1. The second-order valence-electron chi connectivity index (χ2n) is 28.3. The summed E-state index contributed by atoms with van der Waals surface area (Å²) >= 11 is 0. The lowest BCUT2D eigenvalue weighted by Crippen LogP contribution is -2.07. The number of hydrogen-bond donors (Lipinski definition) is 0. The van der Waals surface area contributed by atoms with Crippen molar-refractivity contribution in [3.05, 3.63) is 370 Å². The molecule has 0 atom stereocenters. The molecule has 0 saturated carbocycles. The van der Waals surface area contributed by atoms with Crippen LogP contribution in [0.1, 0.15) is 0 Å². The Bertz CT molecular complexity index is 7300. The van der Waals surface area contributed by atoms with Gasteiger partial charge in [0.15, 0.2) is 11.6 Å². The second-order valence-corrected chi connectivity index (χ2v) is 28.3. The van der Waals surface area contributed by atoms with Gasteiger partial charge < -0.3 is 22.8 Å². The van der Waals surface area contributed by atoms with Gasteiger partial charge in [0.1, 0.15) is 0 Å². The van der Waals surface area contributed by atoms with Crippen LogP contribution in [0.4, 0.5) is 0 Å². The molecular formula is C99H61N9. The average Bonchev–Trinajstić information content (AvgIpc) is 1.55. The van der Waals surface area contributed by atoms with E-state index in [9.17, 15) is 0 Å². The predicted molar refractivity (Wildman–Crippen MR) is 448 cm³/mol. The third kappa shape index (κ3) is 8.96. The largest absolute Gasteiger partial charge is 0.309 e. The first kappa shape index (κ1) is 59.8. The molecule has 0 aliphatic rings. The molecule has 502 valence electrons. The van der Waals surface area contributed by atoms with E-state index >= 15 is 0 Å². The third-order valence-electron chi connectivity index (χ3n) is 22.4. The Morgan fingerprint density at radius 2 is 0.417 bits per heavy atom. The first-order valence-corrected chi connectivity index (χ1v) is 36.8. The van der Waals surface area contributed by atoms with Crippen LogP contribution < -0.4 is 0 Å². The van der Waals surface area contributed by atoms with Crippen molar-refractivity contribution in [2.45, 2.75) is 0 Å². The maximum Gasteiger partial charge on any atom is 0.238 e. The Balaban J connectivity index is 0.668. The second kappa shape index (κ2) is 23.4. The summed E-state index contributed by atoms with van der Waals surface area (Å²) in [6, 6.07) is 134. The van der Waals surface area contributed by atoms with Crippen LogP contribution in [0, 0.1) is 0 Å². The Hall–Kier alpha value is -14.7. The number of benzene rings is 16. The van der Waals surface area contributed by atoms with Gasteiger partial charge in [-0.2, -0.15) is 9.97 Å². The molecule has 16 aromatic carbocycles. The molecule has 0 fully saturated rings. The van der Waals surface area contributed by atoms with Crippen LogP contribution in [0.3, 0.4) is 0 Å². The lowest BCUT2D eigenvalue weighted by atomic mass is 10.0. The smallest absolute Gasteiger partial charge is 0.238 e. The number of aromatic nitrogens is 9. The molecule has 0 unspecified atom stereocenters. The quantitative estimate of drug-likeness (QED) is 0.137. The Kier molecular flexibility index (Phi) is 13.0. The molecule has 0 amide bonds. The van der Waals surface area contributed by atoms with E-state index in [1.165, 1.54) is 70.5 Å². The number of nitrogens with zero attached hydrogens (tertiary/aromatic N) is 9. The van der Waals surface area contributed by atoms with Gasteiger partial charge >= 0.3 is 0 Å². The van der Waals surface area contributed by atoms with Crippen LogP contribution in [0.2, 0.25) is 0 Å². The van der Waals surface area contributed by atoms with E-state index in [-0.39, 0.29) is 0 Å². The summed E-state index contributed by atoms with van der Waals surface area (Å²) in [7, 11) is 0. The van der Waals surface area contributed by atoms with Gasteiger partial charge in [0.25, 0.3) is 0 Å². The van der Waals surface area contributed by atoms with Gasteiger partial charge in [-0.25, -0.2) is 4.98 Å². The molecule has 7 aromatic heterocycles. The monoisotopic (exact) mass is 1380 g/mol. The van der Waals surface area contributed by atoms with Crippen molar-refractivity contribution < 1.29 is 0 Å². The highest BCUT2D eigenvalue weighted by atomic mass is 15.2. The summed E-state index contributed by atoms with van der Waals surface area (Å²) in [5.41, 5.74) is 25.2. The maximum atomic E-state index is 5.61. The first-order valence-electron chi connectivity index (χ1n) is 36.8. The molecule has 108 heavy (non-hydrogen) atoms. The van der Waals surface area contributed by atoms with Crippen LogP contribution in [-0.2, 0) is 0 Å². The Morgan fingerprint density at radius 3 is 0.778 bits per heavy atom. The molecule has 0 aliphatic carbocycles. The van der Waals surface area contributed by atoms with Crippen LogP contribution in [0.15, 0.2) is 370 Å². The fourth-order valence-electron chi connectivity index (χ4n) is 17.7. The summed E-state index contributed by atoms with van der Waals surface area (Å²) in [5, 5.41) is 14.2. The van der Waals surface area contributed by atoms with Crippen molar-refractivity contribution in [2.75, 3.05) is 0 Å². The summed E-state index contributed by atoms with van der Waals surface area (Å²) in [6.07, 6.45) is 0. The zero-order valence-corrected chi connectivity index (χ0v) is 58.2. The number of para-hydroxylation sites is 9. The van der Waals surface area contributed by atoms with E-state index < -0.39 is 0 Å². The van der Waals surface area contributed by atoms with Gasteiger partial charge in [0, 0.05) is 104 Å². The van der Waals surface area contributed by atoms with Crippen molar-refractivity contribution in [3.8, 4) is 79.4 Å². The molecule has 0 saturated heterocycles. The molecule has 0 N–H and O–H groups in total. The van der Waals surface area contributed by atoms with Crippen LogP contribution in [0.5, 0.6) is 0 Å². The summed E-state index contributed by atoms with van der Waals surface area (Å²) in [5.74, 6) is 1.65. The molecule has 9 nitrogen and oxygen atoms in total. The van der Waals surface area contributed by atoms with E-state index in [1.54, 1.807) is 0 Å².